The Hall–Kier alpha value is -1.37. The Morgan fingerprint density at radius 2 is 2.09 bits per heavy atom. The fraction of sp³-hybridized carbons (Fsp3) is 0.500. The molecule has 122 valence electrons. The van der Waals surface area contributed by atoms with Crippen molar-refractivity contribution in [2.45, 2.75) is 19.8 Å². The molecule has 0 atom stereocenters. The highest BCUT2D eigenvalue weighted by atomic mass is 35.5. The van der Waals surface area contributed by atoms with Crippen LogP contribution in [0.1, 0.15) is 30.1 Å². The van der Waals surface area contributed by atoms with Gasteiger partial charge in [-0.2, -0.15) is 0 Å². The fourth-order valence-electron chi connectivity index (χ4n) is 2.45. The largest absolute Gasteiger partial charge is 0.351 e. The number of nitro benzene ring substituents is 1. The molecule has 0 aliphatic carbocycles. The van der Waals surface area contributed by atoms with Gasteiger partial charge < -0.3 is 10.6 Å². The number of nitrogens with one attached hydrogen (secondary N) is 2. The van der Waals surface area contributed by atoms with E-state index in [-0.39, 0.29) is 29.1 Å². The first kappa shape index (κ1) is 18.7. The average Bonchev–Trinajstić information content (AvgIpc) is 2.45. The lowest BCUT2D eigenvalue weighted by molar-refractivity contribution is -0.385. The average molecular weight is 348 g/mol. The zero-order valence-electron chi connectivity index (χ0n) is 12.2. The number of rotatable bonds is 4. The summed E-state index contributed by atoms with van der Waals surface area (Å²) in [6.45, 7) is 4.45. The van der Waals surface area contributed by atoms with Crippen molar-refractivity contribution in [3.05, 3.63) is 38.9 Å². The molecule has 0 spiro atoms. The molecule has 0 aromatic heterocycles. The number of carbonyl (C=O) groups excluding carboxylic acids is 1. The van der Waals surface area contributed by atoms with Crippen LogP contribution in [0, 0.1) is 15.5 Å². The third-order valence-electron chi connectivity index (χ3n) is 3.89. The highest BCUT2D eigenvalue weighted by Gasteiger charge is 2.28. The summed E-state index contributed by atoms with van der Waals surface area (Å²) in [5, 5.41) is 17.4. The van der Waals surface area contributed by atoms with Crippen LogP contribution >= 0.6 is 24.0 Å². The van der Waals surface area contributed by atoms with Gasteiger partial charge in [0.05, 0.1) is 4.92 Å². The number of amides is 1. The summed E-state index contributed by atoms with van der Waals surface area (Å²) in [6.07, 6.45) is 1.93. The molecule has 8 heteroatoms. The van der Waals surface area contributed by atoms with Crippen molar-refractivity contribution in [1.29, 1.82) is 0 Å². The smallest absolute Gasteiger partial charge is 0.282 e. The summed E-state index contributed by atoms with van der Waals surface area (Å²) in [5.74, 6) is -0.455. The van der Waals surface area contributed by atoms with Crippen LogP contribution in [0.2, 0.25) is 5.02 Å². The predicted molar refractivity (Wildman–Crippen MR) is 87.9 cm³/mol. The summed E-state index contributed by atoms with van der Waals surface area (Å²) >= 11 is 5.83. The van der Waals surface area contributed by atoms with Gasteiger partial charge in [-0.1, -0.05) is 18.5 Å². The Bertz CT molecular complexity index is 560. The van der Waals surface area contributed by atoms with Crippen molar-refractivity contribution in [3.63, 3.8) is 0 Å². The first-order chi connectivity index (χ1) is 9.91. The predicted octanol–water partition coefficient (Wildman–Crippen LogP) is 2.79. The van der Waals surface area contributed by atoms with E-state index in [0.717, 1.165) is 25.9 Å². The van der Waals surface area contributed by atoms with Crippen molar-refractivity contribution < 1.29 is 9.72 Å². The molecule has 1 aliphatic rings. The van der Waals surface area contributed by atoms with E-state index in [1.807, 2.05) is 0 Å². The van der Waals surface area contributed by atoms with Crippen molar-refractivity contribution in [2.75, 3.05) is 19.6 Å². The Morgan fingerprint density at radius 3 is 2.68 bits per heavy atom. The lowest BCUT2D eigenvalue weighted by atomic mass is 9.81. The normalized spacial score (nSPS) is 16.5. The Morgan fingerprint density at radius 1 is 1.45 bits per heavy atom. The van der Waals surface area contributed by atoms with Crippen molar-refractivity contribution in [1.82, 2.24) is 10.6 Å². The van der Waals surface area contributed by atoms with Crippen LogP contribution in [0.4, 0.5) is 5.69 Å². The molecule has 0 unspecified atom stereocenters. The summed E-state index contributed by atoms with van der Waals surface area (Å²) in [5.41, 5.74) is -0.203. The Balaban J connectivity index is 0.00000242. The second kappa shape index (κ2) is 7.76. The van der Waals surface area contributed by atoms with Gasteiger partial charge in [-0.15, -0.1) is 12.4 Å². The molecule has 22 heavy (non-hydrogen) atoms. The zero-order valence-corrected chi connectivity index (χ0v) is 13.8. The van der Waals surface area contributed by atoms with Crippen LogP contribution < -0.4 is 10.6 Å². The van der Waals surface area contributed by atoms with Crippen LogP contribution in [0.15, 0.2) is 18.2 Å². The highest BCUT2D eigenvalue weighted by molar-refractivity contribution is 6.31. The fourth-order valence-corrected chi connectivity index (χ4v) is 2.62. The van der Waals surface area contributed by atoms with E-state index in [1.54, 1.807) is 0 Å². The third kappa shape index (κ3) is 4.56. The number of piperidine rings is 1. The van der Waals surface area contributed by atoms with Gasteiger partial charge in [0.15, 0.2) is 0 Å². The molecule has 1 aliphatic heterocycles. The first-order valence-corrected chi connectivity index (χ1v) is 7.22. The SMILES string of the molecule is CC1(CNC(=O)c2cc(Cl)ccc2[N+](=O)[O-])CCNCC1.Cl. The van der Waals surface area contributed by atoms with E-state index in [9.17, 15) is 14.9 Å². The van der Waals surface area contributed by atoms with Crippen molar-refractivity contribution in [3.8, 4) is 0 Å². The molecule has 1 heterocycles. The molecular formula is C14H19Cl2N3O3. The monoisotopic (exact) mass is 347 g/mol. The van der Waals surface area contributed by atoms with Gasteiger partial charge in [-0.05, 0) is 43.5 Å². The molecule has 1 aromatic carbocycles. The molecule has 0 bridgehead atoms. The Kier molecular flexibility index (Phi) is 6.59. The number of halogens is 2. The van der Waals surface area contributed by atoms with Gasteiger partial charge in [0.1, 0.15) is 5.56 Å². The molecule has 2 N–H and O–H groups in total. The molecule has 1 fully saturated rings. The maximum absolute atomic E-state index is 12.2. The van der Waals surface area contributed by atoms with Crippen molar-refractivity contribution >= 4 is 35.6 Å². The van der Waals surface area contributed by atoms with Gasteiger partial charge in [0.25, 0.3) is 11.6 Å². The minimum atomic E-state index is -0.572. The molecular weight excluding hydrogens is 329 g/mol. The maximum Gasteiger partial charge on any atom is 0.282 e. The van der Waals surface area contributed by atoms with E-state index >= 15 is 0 Å². The van der Waals surface area contributed by atoms with Gasteiger partial charge in [0.2, 0.25) is 0 Å². The van der Waals surface area contributed by atoms with Gasteiger partial charge in [-0.3, -0.25) is 14.9 Å². The number of benzene rings is 1. The standard InChI is InChI=1S/C14H18ClN3O3.ClH/c1-14(4-6-16-7-5-14)9-17-13(19)11-8-10(15)2-3-12(11)18(20)21;/h2-3,8,16H,4-7,9H2,1H3,(H,17,19);1H. The molecule has 0 radical (unpaired) electrons. The third-order valence-corrected chi connectivity index (χ3v) is 4.12. The maximum atomic E-state index is 12.2. The summed E-state index contributed by atoms with van der Waals surface area (Å²) < 4.78 is 0. The van der Waals surface area contributed by atoms with Crippen LogP contribution in [0.25, 0.3) is 0 Å². The molecule has 6 nitrogen and oxygen atoms in total. The molecule has 2 rings (SSSR count). The highest BCUT2D eigenvalue weighted by Crippen LogP contribution is 2.27. The quantitative estimate of drug-likeness (QED) is 0.647. The van der Waals surface area contributed by atoms with Gasteiger partial charge in [0, 0.05) is 17.6 Å². The summed E-state index contributed by atoms with van der Waals surface area (Å²) in [7, 11) is 0. The molecule has 0 saturated carbocycles. The number of hydrogen-bond donors (Lipinski definition) is 2. The van der Waals surface area contributed by atoms with Crippen LogP contribution in [0.3, 0.4) is 0 Å². The second-order valence-corrected chi connectivity index (χ2v) is 6.10. The lowest BCUT2D eigenvalue weighted by Gasteiger charge is -2.34. The first-order valence-electron chi connectivity index (χ1n) is 6.84. The summed E-state index contributed by atoms with van der Waals surface area (Å²) in [6, 6.07) is 3.99. The van der Waals surface area contributed by atoms with Crippen molar-refractivity contribution in [2.24, 2.45) is 5.41 Å². The van der Waals surface area contributed by atoms with Crippen LogP contribution in [0.5, 0.6) is 0 Å². The molecule has 1 aromatic rings. The molecule has 1 saturated heterocycles. The van der Waals surface area contributed by atoms with Crippen LogP contribution in [-0.2, 0) is 0 Å². The lowest BCUT2D eigenvalue weighted by Crippen LogP contribution is -2.43. The number of carbonyl (C=O) groups is 1. The minimum Gasteiger partial charge on any atom is -0.351 e. The van der Waals surface area contributed by atoms with E-state index in [1.165, 1.54) is 18.2 Å². The second-order valence-electron chi connectivity index (χ2n) is 5.66. The number of nitro groups is 1. The Labute approximate surface area is 140 Å². The van der Waals surface area contributed by atoms with E-state index in [2.05, 4.69) is 17.6 Å². The van der Waals surface area contributed by atoms with E-state index < -0.39 is 10.8 Å². The molecule has 1 amide bonds. The van der Waals surface area contributed by atoms with E-state index in [4.69, 9.17) is 11.6 Å². The number of hydrogen-bond acceptors (Lipinski definition) is 4. The van der Waals surface area contributed by atoms with Gasteiger partial charge >= 0.3 is 0 Å². The number of nitrogens with zero attached hydrogens (tertiary/aromatic N) is 1. The van der Waals surface area contributed by atoms with Gasteiger partial charge in [-0.25, -0.2) is 0 Å². The zero-order chi connectivity index (χ0) is 15.5. The topological polar surface area (TPSA) is 84.3 Å². The minimum absolute atomic E-state index is 0. The van der Waals surface area contributed by atoms with E-state index in [0.29, 0.717) is 11.6 Å². The summed E-state index contributed by atoms with van der Waals surface area (Å²) in [4.78, 5) is 22.6. The van der Waals surface area contributed by atoms with Crippen LogP contribution in [-0.4, -0.2) is 30.5 Å².